The zero-order valence-corrected chi connectivity index (χ0v) is 13.3. The third-order valence-corrected chi connectivity index (χ3v) is 4.03. The minimum Gasteiger partial charge on any atom is -0.338 e. The van der Waals surface area contributed by atoms with Crippen molar-refractivity contribution < 1.29 is 4.79 Å². The molecule has 0 heterocycles. The number of carbonyl (C=O) groups excluding carboxylic acids is 1. The fourth-order valence-electron chi connectivity index (χ4n) is 1.78. The number of halogens is 3. The zero-order chi connectivity index (χ0) is 15.2. The summed E-state index contributed by atoms with van der Waals surface area (Å²) < 4.78 is 0. The zero-order valence-electron chi connectivity index (χ0n) is 11.0. The average Bonchev–Trinajstić information content (AvgIpc) is 2.46. The molecule has 0 saturated carbocycles. The van der Waals surface area contributed by atoms with Crippen LogP contribution in [0.5, 0.6) is 0 Å². The molecule has 110 valence electrons. The largest absolute Gasteiger partial charge is 0.338 e. The molecule has 2 amide bonds. The van der Waals surface area contributed by atoms with Crippen molar-refractivity contribution in [1.29, 1.82) is 0 Å². The van der Waals surface area contributed by atoms with E-state index < -0.39 is 0 Å². The van der Waals surface area contributed by atoms with E-state index in [1.807, 2.05) is 24.3 Å². The number of urea groups is 1. The van der Waals surface area contributed by atoms with Crippen LogP contribution in [0.3, 0.4) is 0 Å². The van der Waals surface area contributed by atoms with Crippen LogP contribution in [0.2, 0.25) is 15.1 Å². The lowest BCUT2D eigenvalue weighted by Crippen LogP contribution is -2.30. The van der Waals surface area contributed by atoms with Gasteiger partial charge in [-0.25, -0.2) is 4.79 Å². The van der Waals surface area contributed by atoms with E-state index in [1.54, 1.807) is 18.2 Å². The monoisotopic (exact) mass is 342 g/mol. The van der Waals surface area contributed by atoms with Gasteiger partial charge in [0.2, 0.25) is 0 Å². The van der Waals surface area contributed by atoms with Crippen molar-refractivity contribution in [2.45, 2.75) is 6.42 Å². The Hall–Kier alpha value is -1.42. The molecule has 0 radical (unpaired) electrons. The average molecular weight is 344 g/mol. The molecule has 2 N–H and O–H groups in total. The second kappa shape index (κ2) is 7.55. The number of hydrogen-bond donors (Lipinski definition) is 2. The highest BCUT2D eigenvalue weighted by atomic mass is 35.5. The van der Waals surface area contributed by atoms with Gasteiger partial charge < -0.3 is 10.6 Å². The van der Waals surface area contributed by atoms with Crippen LogP contribution in [0.1, 0.15) is 5.56 Å². The van der Waals surface area contributed by atoms with Crippen LogP contribution in [-0.4, -0.2) is 12.6 Å². The fourth-order valence-corrected chi connectivity index (χ4v) is 2.36. The summed E-state index contributed by atoms with van der Waals surface area (Å²) in [5.74, 6) is 0. The van der Waals surface area contributed by atoms with Crippen LogP contribution >= 0.6 is 34.8 Å². The highest BCUT2D eigenvalue weighted by molar-refractivity contribution is 6.43. The smallest absolute Gasteiger partial charge is 0.319 e. The van der Waals surface area contributed by atoms with Gasteiger partial charge in [-0.1, -0.05) is 59.1 Å². The standard InChI is InChI=1S/C15H13Cl3N2O/c16-11-5-2-1-4-10(11)8-9-19-15(21)20-13-7-3-6-12(17)14(13)18/h1-7H,8-9H2,(H2,19,20,21). The van der Waals surface area contributed by atoms with Crippen molar-refractivity contribution in [2.24, 2.45) is 0 Å². The number of anilines is 1. The predicted molar refractivity (Wildman–Crippen MR) is 88.6 cm³/mol. The first kappa shape index (κ1) is 16.0. The number of rotatable bonds is 4. The number of amides is 2. The molecule has 2 rings (SSSR count). The Morgan fingerprint density at radius 2 is 1.67 bits per heavy atom. The highest BCUT2D eigenvalue weighted by Gasteiger charge is 2.08. The number of carbonyl (C=O) groups is 1. The van der Waals surface area contributed by atoms with E-state index in [-0.39, 0.29) is 6.03 Å². The second-order valence-electron chi connectivity index (χ2n) is 4.32. The van der Waals surface area contributed by atoms with Gasteiger partial charge >= 0.3 is 6.03 Å². The molecule has 2 aromatic carbocycles. The normalized spacial score (nSPS) is 10.2. The van der Waals surface area contributed by atoms with Gasteiger partial charge in [-0.15, -0.1) is 0 Å². The molecular weight excluding hydrogens is 331 g/mol. The molecule has 0 unspecified atom stereocenters. The molecule has 3 nitrogen and oxygen atoms in total. The Labute approximate surface area is 138 Å². The number of nitrogens with one attached hydrogen (secondary N) is 2. The third-order valence-electron chi connectivity index (χ3n) is 2.84. The minimum absolute atomic E-state index is 0.320. The van der Waals surface area contributed by atoms with Crippen LogP contribution in [0, 0.1) is 0 Å². The summed E-state index contributed by atoms with van der Waals surface area (Å²) in [6.45, 7) is 0.466. The summed E-state index contributed by atoms with van der Waals surface area (Å²) in [7, 11) is 0. The number of hydrogen-bond acceptors (Lipinski definition) is 1. The summed E-state index contributed by atoms with van der Waals surface area (Å²) in [4.78, 5) is 11.8. The van der Waals surface area contributed by atoms with Gasteiger partial charge in [0, 0.05) is 11.6 Å². The summed E-state index contributed by atoms with van der Waals surface area (Å²) in [5, 5.41) is 6.80. The van der Waals surface area contributed by atoms with E-state index in [1.165, 1.54) is 0 Å². The Morgan fingerprint density at radius 1 is 0.952 bits per heavy atom. The van der Waals surface area contributed by atoms with E-state index in [0.29, 0.717) is 33.7 Å². The molecule has 0 saturated heterocycles. The maximum absolute atomic E-state index is 11.8. The molecule has 21 heavy (non-hydrogen) atoms. The van der Waals surface area contributed by atoms with E-state index in [9.17, 15) is 4.79 Å². The summed E-state index contributed by atoms with van der Waals surface area (Å²) in [6, 6.07) is 12.2. The van der Waals surface area contributed by atoms with Crippen molar-refractivity contribution in [2.75, 3.05) is 11.9 Å². The third kappa shape index (κ3) is 4.53. The topological polar surface area (TPSA) is 41.1 Å². The molecule has 0 atom stereocenters. The lowest BCUT2D eigenvalue weighted by molar-refractivity contribution is 0.252. The van der Waals surface area contributed by atoms with E-state index in [0.717, 1.165) is 5.56 Å². The number of benzene rings is 2. The van der Waals surface area contributed by atoms with Gasteiger partial charge in [-0.05, 0) is 30.2 Å². The maximum Gasteiger partial charge on any atom is 0.319 e. The van der Waals surface area contributed by atoms with Crippen molar-refractivity contribution in [3.05, 3.63) is 63.1 Å². The van der Waals surface area contributed by atoms with E-state index >= 15 is 0 Å². The van der Waals surface area contributed by atoms with Crippen LogP contribution < -0.4 is 10.6 Å². The van der Waals surface area contributed by atoms with Crippen LogP contribution in [0.25, 0.3) is 0 Å². The molecule has 0 aliphatic carbocycles. The van der Waals surface area contributed by atoms with Gasteiger partial charge in [0.1, 0.15) is 0 Å². The van der Waals surface area contributed by atoms with Gasteiger partial charge in [-0.2, -0.15) is 0 Å². The molecular formula is C15H13Cl3N2O. The Kier molecular flexibility index (Phi) is 5.74. The predicted octanol–water partition coefficient (Wildman–Crippen LogP) is 5.01. The SMILES string of the molecule is O=C(NCCc1ccccc1Cl)Nc1cccc(Cl)c1Cl. The van der Waals surface area contributed by atoms with Gasteiger partial charge in [0.15, 0.2) is 0 Å². The quantitative estimate of drug-likeness (QED) is 0.805. The van der Waals surface area contributed by atoms with Gasteiger partial charge in [0.25, 0.3) is 0 Å². The Bertz CT molecular complexity index is 647. The molecule has 0 bridgehead atoms. The maximum atomic E-state index is 11.8. The highest BCUT2D eigenvalue weighted by Crippen LogP contribution is 2.29. The summed E-state index contributed by atoms with van der Waals surface area (Å²) >= 11 is 17.9. The molecule has 0 aromatic heterocycles. The minimum atomic E-state index is -0.341. The van der Waals surface area contributed by atoms with Crippen molar-refractivity contribution in [1.82, 2.24) is 5.32 Å². The Balaban J connectivity index is 1.85. The summed E-state index contributed by atoms with van der Waals surface area (Å²) in [5.41, 5.74) is 1.46. The molecule has 0 fully saturated rings. The molecule has 0 aliphatic rings. The first-order valence-electron chi connectivity index (χ1n) is 6.30. The first-order valence-corrected chi connectivity index (χ1v) is 7.43. The van der Waals surface area contributed by atoms with Crippen molar-refractivity contribution in [3.63, 3.8) is 0 Å². The van der Waals surface area contributed by atoms with Crippen LogP contribution in [0.15, 0.2) is 42.5 Å². The van der Waals surface area contributed by atoms with E-state index in [4.69, 9.17) is 34.8 Å². The first-order chi connectivity index (χ1) is 10.1. The molecule has 2 aromatic rings. The Morgan fingerprint density at radius 3 is 2.43 bits per heavy atom. The van der Waals surface area contributed by atoms with Crippen LogP contribution in [0.4, 0.5) is 10.5 Å². The van der Waals surface area contributed by atoms with Gasteiger partial charge in [0.05, 0.1) is 15.7 Å². The fraction of sp³-hybridized carbons (Fsp3) is 0.133. The van der Waals surface area contributed by atoms with Crippen molar-refractivity contribution >= 4 is 46.5 Å². The second-order valence-corrected chi connectivity index (χ2v) is 5.52. The van der Waals surface area contributed by atoms with E-state index in [2.05, 4.69) is 10.6 Å². The lowest BCUT2D eigenvalue weighted by atomic mass is 10.1. The lowest BCUT2D eigenvalue weighted by Gasteiger charge is -2.10. The summed E-state index contributed by atoms with van der Waals surface area (Å²) in [6.07, 6.45) is 0.649. The van der Waals surface area contributed by atoms with Gasteiger partial charge in [-0.3, -0.25) is 0 Å². The molecule has 0 spiro atoms. The van der Waals surface area contributed by atoms with Crippen molar-refractivity contribution in [3.8, 4) is 0 Å². The molecule has 6 heteroatoms. The molecule has 0 aliphatic heterocycles. The van der Waals surface area contributed by atoms with Crippen LogP contribution in [-0.2, 0) is 6.42 Å².